The second kappa shape index (κ2) is 7.37. The maximum atomic E-state index is 12.5. The number of nitrogens with zero attached hydrogens (tertiary/aromatic N) is 2. The van der Waals surface area contributed by atoms with E-state index in [1.54, 1.807) is 55.5 Å². The zero-order valence-corrected chi connectivity index (χ0v) is 15.9. The molecule has 3 aromatic carbocycles. The van der Waals surface area contributed by atoms with Crippen LogP contribution in [0.2, 0.25) is 5.02 Å². The average Bonchev–Trinajstić information content (AvgIpc) is 3.11. The molecular weight excluding hydrogens is 394 g/mol. The molecule has 0 spiro atoms. The molecule has 0 saturated heterocycles. The molecule has 1 heterocycles. The van der Waals surface area contributed by atoms with Gasteiger partial charge in [0.25, 0.3) is 11.6 Å². The summed E-state index contributed by atoms with van der Waals surface area (Å²) in [6.07, 6.45) is 0. The number of amides is 1. The number of halogens is 1. The summed E-state index contributed by atoms with van der Waals surface area (Å²) in [6.45, 7) is 1.55. The Morgan fingerprint density at radius 3 is 2.62 bits per heavy atom. The fourth-order valence-corrected chi connectivity index (χ4v) is 3.15. The Bertz CT molecular complexity index is 1250. The van der Waals surface area contributed by atoms with Crippen molar-refractivity contribution in [1.82, 2.24) is 4.98 Å². The van der Waals surface area contributed by atoms with E-state index < -0.39 is 10.8 Å². The molecule has 0 unspecified atom stereocenters. The number of carbonyl (C=O) groups is 1. The van der Waals surface area contributed by atoms with Gasteiger partial charge < -0.3 is 9.73 Å². The highest BCUT2D eigenvalue weighted by Crippen LogP contribution is 2.27. The van der Waals surface area contributed by atoms with Crippen molar-refractivity contribution in [2.24, 2.45) is 0 Å². The first kappa shape index (κ1) is 18.6. The Morgan fingerprint density at radius 1 is 1.14 bits per heavy atom. The molecule has 0 aliphatic heterocycles. The van der Waals surface area contributed by atoms with Crippen LogP contribution in [0.25, 0.3) is 22.6 Å². The van der Waals surface area contributed by atoms with E-state index >= 15 is 0 Å². The third kappa shape index (κ3) is 3.68. The summed E-state index contributed by atoms with van der Waals surface area (Å²) in [7, 11) is 0. The fourth-order valence-electron chi connectivity index (χ4n) is 2.99. The summed E-state index contributed by atoms with van der Waals surface area (Å²) in [4.78, 5) is 27.5. The van der Waals surface area contributed by atoms with Crippen LogP contribution in [0.4, 0.5) is 11.4 Å². The topological polar surface area (TPSA) is 98.3 Å². The van der Waals surface area contributed by atoms with Crippen molar-refractivity contribution in [3.05, 3.63) is 86.9 Å². The lowest BCUT2D eigenvalue weighted by Crippen LogP contribution is -2.14. The molecule has 0 bridgehead atoms. The molecule has 4 rings (SSSR count). The van der Waals surface area contributed by atoms with Gasteiger partial charge in [0, 0.05) is 33.5 Å². The quantitative estimate of drug-likeness (QED) is 0.350. The van der Waals surface area contributed by atoms with Crippen molar-refractivity contribution in [3.63, 3.8) is 0 Å². The molecule has 0 aliphatic rings. The lowest BCUT2D eigenvalue weighted by atomic mass is 10.1. The van der Waals surface area contributed by atoms with Crippen molar-refractivity contribution in [3.8, 4) is 11.5 Å². The number of hydrogen-bond donors (Lipinski definition) is 1. The predicted molar refractivity (Wildman–Crippen MR) is 110 cm³/mol. The summed E-state index contributed by atoms with van der Waals surface area (Å²) < 4.78 is 5.73. The van der Waals surface area contributed by atoms with Gasteiger partial charge in [-0.05, 0) is 55.5 Å². The van der Waals surface area contributed by atoms with Gasteiger partial charge in [0.2, 0.25) is 5.89 Å². The average molecular weight is 408 g/mol. The van der Waals surface area contributed by atoms with Gasteiger partial charge in [0.15, 0.2) is 5.58 Å². The van der Waals surface area contributed by atoms with Crippen LogP contribution in [0.3, 0.4) is 0 Å². The van der Waals surface area contributed by atoms with Crippen molar-refractivity contribution >= 4 is 40.0 Å². The Hall–Kier alpha value is -3.71. The van der Waals surface area contributed by atoms with E-state index in [0.29, 0.717) is 33.3 Å². The van der Waals surface area contributed by atoms with Crippen LogP contribution in [0.1, 0.15) is 15.9 Å². The van der Waals surface area contributed by atoms with Crippen LogP contribution in [-0.2, 0) is 0 Å². The molecule has 0 radical (unpaired) electrons. The Morgan fingerprint density at radius 2 is 1.90 bits per heavy atom. The minimum Gasteiger partial charge on any atom is -0.436 e. The molecule has 144 valence electrons. The van der Waals surface area contributed by atoms with E-state index in [-0.39, 0.29) is 11.3 Å². The van der Waals surface area contributed by atoms with Crippen LogP contribution < -0.4 is 5.32 Å². The highest BCUT2D eigenvalue weighted by molar-refractivity contribution is 6.31. The van der Waals surface area contributed by atoms with Crippen molar-refractivity contribution in [2.75, 3.05) is 5.32 Å². The number of nitrogens with one attached hydrogen (secondary N) is 1. The lowest BCUT2D eigenvalue weighted by Gasteiger charge is -2.08. The standard InChI is InChI=1S/C21H14ClN3O4/c1-12-16(3-2-4-18(12)25(27)28)20(26)23-15-8-5-13(6-9-15)21-24-17-11-14(22)7-10-19(17)29-21/h2-11H,1H3,(H,23,26). The Balaban J connectivity index is 1.56. The van der Waals surface area contributed by atoms with Crippen molar-refractivity contribution < 1.29 is 14.1 Å². The summed E-state index contributed by atoms with van der Waals surface area (Å²) in [5.74, 6) is 0.0186. The first-order valence-corrected chi connectivity index (χ1v) is 9.02. The molecule has 0 saturated carbocycles. The summed E-state index contributed by atoms with van der Waals surface area (Å²) in [5.41, 5.74) is 3.04. The van der Waals surface area contributed by atoms with Crippen LogP contribution >= 0.6 is 11.6 Å². The number of hydrogen-bond acceptors (Lipinski definition) is 5. The molecule has 4 aromatic rings. The molecule has 7 nitrogen and oxygen atoms in total. The lowest BCUT2D eigenvalue weighted by molar-refractivity contribution is -0.385. The number of rotatable bonds is 4. The van der Waals surface area contributed by atoms with E-state index in [1.165, 1.54) is 12.1 Å². The minimum absolute atomic E-state index is 0.0935. The fraction of sp³-hybridized carbons (Fsp3) is 0.0476. The molecule has 29 heavy (non-hydrogen) atoms. The Labute approximate surface area is 170 Å². The zero-order chi connectivity index (χ0) is 20.5. The molecule has 1 aromatic heterocycles. The monoisotopic (exact) mass is 407 g/mol. The highest BCUT2D eigenvalue weighted by Gasteiger charge is 2.18. The number of oxazole rings is 1. The van der Waals surface area contributed by atoms with E-state index in [1.807, 2.05) is 0 Å². The first-order chi connectivity index (χ1) is 13.9. The number of aromatic nitrogens is 1. The number of carbonyl (C=O) groups excluding carboxylic acids is 1. The number of anilines is 1. The first-order valence-electron chi connectivity index (χ1n) is 8.64. The summed E-state index contributed by atoms with van der Waals surface area (Å²) in [6, 6.07) is 16.6. The normalized spacial score (nSPS) is 10.8. The molecule has 1 amide bonds. The SMILES string of the molecule is Cc1c(C(=O)Nc2ccc(-c3nc4cc(Cl)ccc4o3)cc2)cccc1[N+](=O)[O-]. The van der Waals surface area contributed by atoms with Crippen LogP contribution in [-0.4, -0.2) is 15.8 Å². The zero-order valence-electron chi connectivity index (χ0n) is 15.2. The van der Waals surface area contributed by atoms with Crippen LogP contribution in [0, 0.1) is 17.0 Å². The molecule has 1 N–H and O–H groups in total. The maximum absolute atomic E-state index is 12.5. The molecular formula is C21H14ClN3O4. The predicted octanol–water partition coefficient (Wildman–Crippen LogP) is 5.62. The summed E-state index contributed by atoms with van der Waals surface area (Å²) in [5, 5.41) is 14.4. The molecule has 0 fully saturated rings. The van der Waals surface area contributed by atoms with Crippen LogP contribution in [0.5, 0.6) is 0 Å². The van der Waals surface area contributed by atoms with E-state index in [0.717, 1.165) is 5.56 Å². The minimum atomic E-state index is -0.506. The number of nitro groups is 1. The van der Waals surface area contributed by atoms with Gasteiger partial charge in [-0.1, -0.05) is 17.7 Å². The number of fused-ring (bicyclic) bond motifs is 1. The second-order valence-corrected chi connectivity index (χ2v) is 6.81. The van der Waals surface area contributed by atoms with Gasteiger partial charge >= 0.3 is 0 Å². The van der Waals surface area contributed by atoms with Crippen molar-refractivity contribution in [1.29, 1.82) is 0 Å². The van der Waals surface area contributed by atoms with E-state index in [4.69, 9.17) is 16.0 Å². The van der Waals surface area contributed by atoms with E-state index in [9.17, 15) is 14.9 Å². The molecule has 0 aliphatic carbocycles. The van der Waals surface area contributed by atoms with E-state index in [2.05, 4.69) is 10.3 Å². The smallest absolute Gasteiger partial charge is 0.273 e. The van der Waals surface area contributed by atoms with Gasteiger partial charge in [-0.3, -0.25) is 14.9 Å². The van der Waals surface area contributed by atoms with Gasteiger partial charge in [-0.15, -0.1) is 0 Å². The van der Waals surface area contributed by atoms with Gasteiger partial charge in [0.1, 0.15) is 5.52 Å². The van der Waals surface area contributed by atoms with Gasteiger partial charge in [0.05, 0.1) is 4.92 Å². The van der Waals surface area contributed by atoms with Gasteiger partial charge in [-0.2, -0.15) is 0 Å². The summed E-state index contributed by atoms with van der Waals surface area (Å²) >= 11 is 5.97. The van der Waals surface area contributed by atoms with Crippen molar-refractivity contribution in [2.45, 2.75) is 6.92 Å². The number of nitro benzene ring substituents is 1. The highest BCUT2D eigenvalue weighted by atomic mass is 35.5. The Kier molecular flexibility index (Phi) is 4.74. The second-order valence-electron chi connectivity index (χ2n) is 6.37. The van der Waals surface area contributed by atoms with Gasteiger partial charge in [-0.25, -0.2) is 4.98 Å². The van der Waals surface area contributed by atoms with Crippen LogP contribution in [0.15, 0.2) is 65.1 Å². The molecule has 0 atom stereocenters. The number of benzene rings is 3. The largest absolute Gasteiger partial charge is 0.436 e. The molecule has 8 heteroatoms. The third-order valence-electron chi connectivity index (χ3n) is 4.49. The third-order valence-corrected chi connectivity index (χ3v) is 4.72. The maximum Gasteiger partial charge on any atom is 0.273 e.